The van der Waals surface area contributed by atoms with Gasteiger partial charge in [0, 0.05) is 18.4 Å². The Kier molecular flexibility index (Phi) is 6.19. The molecule has 0 aliphatic carbocycles. The molecule has 4 nitrogen and oxygen atoms in total. The molecular formula is C22H22F2N2O2. The fourth-order valence-corrected chi connectivity index (χ4v) is 2.94. The number of hydrogen-bond donors (Lipinski definition) is 1. The molecule has 0 bridgehead atoms. The molecule has 0 aliphatic rings. The summed E-state index contributed by atoms with van der Waals surface area (Å²) in [4.78, 5) is 16.6. The first-order chi connectivity index (χ1) is 13.4. The Bertz CT molecular complexity index is 918. The summed E-state index contributed by atoms with van der Waals surface area (Å²) in [6, 6.07) is 11.9. The lowest BCUT2D eigenvalue weighted by Gasteiger charge is -2.23. The van der Waals surface area contributed by atoms with Crippen molar-refractivity contribution in [3.05, 3.63) is 77.8 Å². The first-order valence-electron chi connectivity index (χ1n) is 9.18. The third-order valence-electron chi connectivity index (χ3n) is 4.46. The molecule has 1 aromatic heterocycles. The molecule has 146 valence electrons. The van der Waals surface area contributed by atoms with Gasteiger partial charge >= 0.3 is 0 Å². The molecule has 3 rings (SSSR count). The zero-order valence-corrected chi connectivity index (χ0v) is 15.8. The second-order valence-electron chi connectivity index (χ2n) is 6.97. The molecule has 0 spiro atoms. The van der Waals surface area contributed by atoms with Crippen molar-refractivity contribution in [1.82, 2.24) is 10.3 Å². The molecule has 0 aliphatic heterocycles. The molecule has 28 heavy (non-hydrogen) atoms. The summed E-state index contributed by atoms with van der Waals surface area (Å²) >= 11 is 0. The number of rotatable bonds is 7. The van der Waals surface area contributed by atoms with Gasteiger partial charge in [0.05, 0.1) is 12.2 Å². The second kappa shape index (κ2) is 8.78. The summed E-state index contributed by atoms with van der Waals surface area (Å²) in [5.74, 6) is 0.365. The first-order valence-corrected chi connectivity index (χ1v) is 9.18. The number of amides is 1. The lowest BCUT2D eigenvalue weighted by molar-refractivity contribution is -0.122. The lowest BCUT2D eigenvalue weighted by Crippen LogP contribution is -2.31. The number of benzene rings is 2. The first kappa shape index (κ1) is 19.7. The van der Waals surface area contributed by atoms with Crippen molar-refractivity contribution < 1.29 is 18.0 Å². The number of oxazole rings is 1. The highest BCUT2D eigenvalue weighted by Gasteiger charge is 2.19. The van der Waals surface area contributed by atoms with Crippen LogP contribution in [0.15, 0.2) is 59.1 Å². The van der Waals surface area contributed by atoms with Crippen LogP contribution in [0.5, 0.6) is 0 Å². The van der Waals surface area contributed by atoms with Crippen LogP contribution in [-0.4, -0.2) is 10.9 Å². The molecule has 0 saturated carbocycles. The van der Waals surface area contributed by atoms with Gasteiger partial charge in [0.1, 0.15) is 11.6 Å². The number of aromatic nitrogens is 1. The highest BCUT2D eigenvalue weighted by molar-refractivity contribution is 5.76. The number of nitrogens with zero attached hydrogens (tertiary/aromatic N) is 1. The maximum absolute atomic E-state index is 13.1. The predicted octanol–water partition coefficient (Wildman–Crippen LogP) is 5.07. The molecule has 1 heterocycles. The average Bonchev–Trinajstić information content (AvgIpc) is 3.15. The second-order valence-corrected chi connectivity index (χ2v) is 6.97. The van der Waals surface area contributed by atoms with Crippen molar-refractivity contribution in [2.45, 2.75) is 32.7 Å². The SMILES string of the molecule is CC(C)C(NC(=O)CCc1ncc(-c2ccc(F)cc2)o1)c1ccc(F)cc1. The van der Waals surface area contributed by atoms with Gasteiger partial charge in [-0.3, -0.25) is 4.79 Å². The maximum atomic E-state index is 13.1. The van der Waals surface area contributed by atoms with E-state index in [1.54, 1.807) is 30.5 Å². The average molecular weight is 384 g/mol. The van der Waals surface area contributed by atoms with Crippen LogP contribution in [0.2, 0.25) is 0 Å². The summed E-state index contributed by atoms with van der Waals surface area (Å²) in [5, 5.41) is 2.99. The van der Waals surface area contributed by atoms with Crippen LogP contribution in [0.4, 0.5) is 8.78 Å². The van der Waals surface area contributed by atoms with E-state index in [2.05, 4.69) is 10.3 Å². The minimum Gasteiger partial charge on any atom is -0.441 e. The molecule has 0 saturated heterocycles. The van der Waals surface area contributed by atoms with E-state index in [4.69, 9.17) is 4.42 Å². The normalized spacial score (nSPS) is 12.2. The molecule has 6 heteroatoms. The Balaban J connectivity index is 1.59. The van der Waals surface area contributed by atoms with Crippen LogP contribution in [0.25, 0.3) is 11.3 Å². The molecular weight excluding hydrogens is 362 g/mol. The van der Waals surface area contributed by atoms with E-state index in [1.807, 2.05) is 13.8 Å². The molecule has 1 unspecified atom stereocenters. The van der Waals surface area contributed by atoms with Crippen LogP contribution < -0.4 is 5.32 Å². The van der Waals surface area contributed by atoms with Crippen molar-refractivity contribution in [2.24, 2.45) is 5.92 Å². The fourth-order valence-electron chi connectivity index (χ4n) is 2.94. The lowest BCUT2D eigenvalue weighted by atomic mass is 9.96. The van der Waals surface area contributed by atoms with E-state index in [-0.39, 0.29) is 35.9 Å². The van der Waals surface area contributed by atoms with Gasteiger partial charge in [-0.25, -0.2) is 13.8 Å². The summed E-state index contributed by atoms with van der Waals surface area (Å²) in [7, 11) is 0. The summed E-state index contributed by atoms with van der Waals surface area (Å²) in [5.41, 5.74) is 1.58. The topological polar surface area (TPSA) is 55.1 Å². The van der Waals surface area contributed by atoms with Gasteiger partial charge in [-0.05, 0) is 47.9 Å². The van der Waals surface area contributed by atoms with E-state index >= 15 is 0 Å². The molecule has 1 atom stereocenters. The summed E-state index contributed by atoms with van der Waals surface area (Å²) in [6.07, 6.45) is 2.13. The van der Waals surface area contributed by atoms with Crippen molar-refractivity contribution >= 4 is 5.91 Å². The largest absolute Gasteiger partial charge is 0.441 e. The van der Waals surface area contributed by atoms with E-state index in [1.165, 1.54) is 24.3 Å². The Morgan fingerprint density at radius 1 is 1.04 bits per heavy atom. The van der Waals surface area contributed by atoms with Gasteiger partial charge in [-0.2, -0.15) is 0 Å². The zero-order valence-electron chi connectivity index (χ0n) is 15.8. The van der Waals surface area contributed by atoms with Crippen molar-refractivity contribution in [3.8, 4) is 11.3 Å². The highest BCUT2D eigenvalue weighted by Crippen LogP contribution is 2.23. The molecule has 3 aromatic rings. The Morgan fingerprint density at radius 3 is 2.25 bits per heavy atom. The van der Waals surface area contributed by atoms with Gasteiger partial charge in [0.15, 0.2) is 11.7 Å². The van der Waals surface area contributed by atoms with Gasteiger partial charge < -0.3 is 9.73 Å². The van der Waals surface area contributed by atoms with Gasteiger partial charge in [0.25, 0.3) is 0 Å². The Hall–Kier alpha value is -3.02. The van der Waals surface area contributed by atoms with Crippen molar-refractivity contribution in [2.75, 3.05) is 0 Å². The van der Waals surface area contributed by atoms with Crippen molar-refractivity contribution in [1.29, 1.82) is 0 Å². The smallest absolute Gasteiger partial charge is 0.221 e. The summed E-state index contributed by atoms with van der Waals surface area (Å²) < 4.78 is 31.8. The molecule has 2 aromatic carbocycles. The third-order valence-corrected chi connectivity index (χ3v) is 4.46. The quantitative estimate of drug-likeness (QED) is 0.619. The van der Waals surface area contributed by atoms with Crippen molar-refractivity contribution in [3.63, 3.8) is 0 Å². The van der Waals surface area contributed by atoms with E-state index in [0.29, 0.717) is 18.1 Å². The van der Waals surface area contributed by atoms with Crippen LogP contribution in [0, 0.1) is 17.6 Å². The maximum Gasteiger partial charge on any atom is 0.221 e. The number of aryl methyl sites for hydroxylation is 1. The number of hydrogen-bond acceptors (Lipinski definition) is 3. The van der Waals surface area contributed by atoms with Crippen LogP contribution >= 0.6 is 0 Å². The Labute approximate surface area is 162 Å². The van der Waals surface area contributed by atoms with E-state index in [9.17, 15) is 13.6 Å². The number of halogens is 2. The number of carbonyl (C=O) groups is 1. The molecule has 0 radical (unpaired) electrons. The molecule has 1 N–H and O–H groups in total. The summed E-state index contributed by atoms with van der Waals surface area (Å²) in [6.45, 7) is 3.99. The minimum atomic E-state index is -0.318. The van der Waals surface area contributed by atoms with Gasteiger partial charge in [-0.1, -0.05) is 26.0 Å². The minimum absolute atomic E-state index is 0.135. The van der Waals surface area contributed by atoms with Crippen LogP contribution in [-0.2, 0) is 11.2 Å². The predicted molar refractivity (Wildman–Crippen MR) is 102 cm³/mol. The third kappa shape index (κ3) is 5.03. The zero-order chi connectivity index (χ0) is 20.1. The van der Waals surface area contributed by atoms with Crippen LogP contribution in [0.3, 0.4) is 0 Å². The number of carbonyl (C=O) groups excluding carboxylic acids is 1. The monoisotopic (exact) mass is 384 g/mol. The van der Waals surface area contributed by atoms with E-state index in [0.717, 1.165) is 11.1 Å². The molecule has 0 fully saturated rings. The van der Waals surface area contributed by atoms with Gasteiger partial charge in [-0.15, -0.1) is 0 Å². The Morgan fingerprint density at radius 2 is 1.64 bits per heavy atom. The van der Waals surface area contributed by atoms with Crippen LogP contribution in [0.1, 0.15) is 37.8 Å². The fraction of sp³-hybridized carbons (Fsp3) is 0.273. The highest BCUT2D eigenvalue weighted by atomic mass is 19.1. The molecule has 1 amide bonds. The standard InChI is InChI=1S/C22H22F2N2O2/c1-14(2)22(16-5-9-18(24)10-6-16)26-20(27)11-12-21-25-13-19(28-21)15-3-7-17(23)8-4-15/h3-10,13-14,22H,11-12H2,1-2H3,(H,26,27). The van der Waals surface area contributed by atoms with E-state index < -0.39 is 0 Å². The van der Waals surface area contributed by atoms with Gasteiger partial charge in [0.2, 0.25) is 5.91 Å². The number of nitrogens with one attached hydrogen (secondary N) is 1.